The number of hydrogen-bond acceptors (Lipinski definition) is 6. The second kappa shape index (κ2) is 8.70. The number of carbonyl (C=O) groups is 3. The number of aryl methyl sites for hydroxylation is 1. The van der Waals surface area contributed by atoms with Gasteiger partial charge in [0.25, 0.3) is 5.91 Å². The molecule has 0 radical (unpaired) electrons. The van der Waals surface area contributed by atoms with Gasteiger partial charge in [0.05, 0.1) is 18.4 Å². The number of fused-ring (bicyclic) bond motifs is 1. The second-order valence-electron chi connectivity index (χ2n) is 7.75. The first kappa shape index (κ1) is 21.2. The summed E-state index contributed by atoms with van der Waals surface area (Å²) in [6.45, 7) is 0.665. The maximum absolute atomic E-state index is 12.9. The molecule has 0 bridgehead atoms. The highest BCUT2D eigenvalue weighted by Gasteiger charge is 2.28. The van der Waals surface area contributed by atoms with Gasteiger partial charge in [0.1, 0.15) is 11.2 Å². The smallest absolute Gasteiger partial charge is 0.390 e. The van der Waals surface area contributed by atoms with Crippen molar-refractivity contribution in [1.82, 2.24) is 29.4 Å². The Kier molecular flexibility index (Phi) is 5.42. The minimum Gasteiger partial charge on any atom is -0.390 e. The van der Waals surface area contributed by atoms with E-state index in [-0.39, 0.29) is 23.9 Å². The van der Waals surface area contributed by atoms with Gasteiger partial charge in [-0.15, -0.1) is 0 Å². The monoisotopic (exact) mass is 459 g/mol. The molecule has 2 N–H and O–H groups in total. The van der Waals surface area contributed by atoms with Gasteiger partial charge in [-0.25, -0.2) is 14.5 Å². The predicted octanol–water partition coefficient (Wildman–Crippen LogP) is 1.92. The number of pyridine rings is 1. The van der Waals surface area contributed by atoms with Crippen molar-refractivity contribution in [3.63, 3.8) is 0 Å². The second-order valence-corrected chi connectivity index (χ2v) is 7.75. The molecule has 3 amide bonds. The molecule has 1 aromatic carbocycles. The highest BCUT2D eigenvalue weighted by molar-refractivity contribution is 5.99. The zero-order valence-electron chi connectivity index (χ0n) is 18.3. The van der Waals surface area contributed by atoms with Gasteiger partial charge in [0, 0.05) is 49.8 Å². The summed E-state index contributed by atoms with van der Waals surface area (Å²) in [4.78, 5) is 43.1. The Bertz CT molecular complexity index is 1390. The Morgan fingerprint density at radius 2 is 2.00 bits per heavy atom. The Labute approximate surface area is 193 Å². The number of anilines is 1. The van der Waals surface area contributed by atoms with E-state index in [1.807, 2.05) is 40.9 Å². The van der Waals surface area contributed by atoms with Gasteiger partial charge in [-0.2, -0.15) is 5.10 Å². The lowest BCUT2D eigenvalue weighted by Crippen LogP contribution is -2.50. The van der Waals surface area contributed by atoms with Crippen LogP contribution >= 0.6 is 0 Å². The van der Waals surface area contributed by atoms with Crippen molar-refractivity contribution in [1.29, 1.82) is 0 Å². The van der Waals surface area contributed by atoms with Crippen molar-refractivity contribution in [2.75, 3.05) is 25.0 Å². The van der Waals surface area contributed by atoms with E-state index in [1.54, 1.807) is 25.4 Å². The molecule has 0 aliphatic carbocycles. The number of amides is 3. The molecule has 1 aliphatic heterocycles. The van der Waals surface area contributed by atoms with Gasteiger partial charge in [-0.3, -0.25) is 14.9 Å². The summed E-state index contributed by atoms with van der Waals surface area (Å²) in [7, 11) is 1.56. The molecule has 0 atom stereocenters. The quantitative estimate of drug-likeness (QED) is 0.481. The number of nitrogens with one attached hydrogen (secondary N) is 2. The first-order chi connectivity index (χ1) is 16.5. The fourth-order valence-corrected chi connectivity index (χ4v) is 3.72. The molecule has 1 aliphatic rings. The van der Waals surface area contributed by atoms with Crippen LogP contribution in [0.15, 0.2) is 61.1 Å². The molecule has 1 saturated heterocycles. The summed E-state index contributed by atoms with van der Waals surface area (Å²) in [5.74, 6) is -0.687. The molecule has 0 unspecified atom stereocenters. The summed E-state index contributed by atoms with van der Waals surface area (Å²) in [6.07, 6.45) is 4.22. The van der Waals surface area contributed by atoms with Crippen LogP contribution in [0, 0.1) is 0 Å². The van der Waals surface area contributed by atoms with E-state index < -0.39 is 12.0 Å². The third-order valence-electron chi connectivity index (χ3n) is 5.41. The van der Waals surface area contributed by atoms with Crippen molar-refractivity contribution >= 4 is 29.2 Å². The van der Waals surface area contributed by atoms with Gasteiger partial charge < -0.3 is 19.4 Å². The van der Waals surface area contributed by atoms with Crippen LogP contribution < -0.4 is 15.4 Å². The van der Waals surface area contributed by atoms with Crippen LogP contribution in [0.1, 0.15) is 10.4 Å². The average molecular weight is 459 g/mol. The predicted molar refractivity (Wildman–Crippen MR) is 122 cm³/mol. The van der Waals surface area contributed by atoms with Crippen LogP contribution in [0.5, 0.6) is 5.88 Å². The van der Waals surface area contributed by atoms with E-state index in [4.69, 9.17) is 4.74 Å². The zero-order valence-corrected chi connectivity index (χ0v) is 18.3. The highest BCUT2D eigenvalue weighted by atomic mass is 16.6. The van der Waals surface area contributed by atoms with E-state index in [9.17, 15) is 14.4 Å². The number of carbonyl (C=O) groups excluding carboxylic acids is 3. The third kappa shape index (κ3) is 4.18. The summed E-state index contributed by atoms with van der Waals surface area (Å²) in [5, 5.41) is 9.36. The minimum atomic E-state index is -0.784. The number of ether oxygens (including phenoxy) is 1. The standard InChI is InChI=1S/C23H21N7O4/c1-28-22(17(12-25-28)21(32)30-10-8-24-20(31)14-30)34-23(33)26-16-7-9-29-13-18(27-19(29)11-16)15-5-3-2-4-6-15/h2-7,9,11-13H,8,10,14H2,1H3,(H,24,31)(H,26,33). The molecule has 0 spiro atoms. The molecule has 4 heterocycles. The lowest BCUT2D eigenvalue weighted by Gasteiger charge is -2.26. The molecule has 34 heavy (non-hydrogen) atoms. The SMILES string of the molecule is Cn1ncc(C(=O)N2CCNC(=O)C2)c1OC(=O)Nc1ccn2cc(-c3ccccc3)nc2c1. The molecule has 172 valence electrons. The van der Waals surface area contributed by atoms with Gasteiger partial charge in [-0.1, -0.05) is 30.3 Å². The Morgan fingerprint density at radius 1 is 1.18 bits per heavy atom. The van der Waals surface area contributed by atoms with Crippen LogP contribution in [0.25, 0.3) is 16.9 Å². The first-order valence-electron chi connectivity index (χ1n) is 10.6. The van der Waals surface area contributed by atoms with Gasteiger partial charge in [0.15, 0.2) is 0 Å². The lowest BCUT2D eigenvalue weighted by atomic mass is 10.2. The number of imidazole rings is 1. The number of rotatable bonds is 4. The molecule has 11 heteroatoms. The van der Waals surface area contributed by atoms with Gasteiger partial charge in [0.2, 0.25) is 11.8 Å². The number of benzene rings is 1. The van der Waals surface area contributed by atoms with Crippen molar-refractivity contribution in [2.24, 2.45) is 7.05 Å². The molecule has 0 saturated carbocycles. The Morgan fingerprint density at radius 3 is 2.79 bits per heavy atom. The largest absolute Gasteiger partial charge is 0.418 e. The molecular formula is C23H21N7O4. The molecule has 4 aromatic rings. The van der Waals surface area contributed by atoms with Crippen LogP contribution in [0.3, 0.4) is 0 Å². The topological polar surface area (TPSA) is 123 Å². The minimum absolute atomic E-state index is 0.0123. The highest BCUT2D eigenvalue weighted by Crippen LogP contribution is 2.22. The van der Waals surface area contributed by atoms with Crippen LogP contribution in [-0.4, -0.2) is 61.6 Å². The summed E-state index contributed by atoms with van der Waals surface area (Å²) < 4.78 is 8.57. The molecule has 5 rings (SSSR count). The fraction of sp³-hybridized carbons (Fsp3) is 0.174. The molecular weight excluding hydrogens is 438 g/mol. The normalized spacial score (nSPS) is 13.6. The summed E-state index contributed by atoms with van der Waals surface area (Å²) in [5.41, 5.74) is 3.02. The number of piperazine rings is 1. The number of nitrogens with zero attached hydrogens (tertiary/aromatic N) is 5. The van der Waals surface area contributed by atoms with Gasteiger partial charge in [-0.05, 0) is 6.07 Å². The van der Waals surface area contributed by atoms with E-state index in [0.717, 1.165) is 11.3 Å². The Balaban J connectivity index is 1.31. The van der Waals surface area contributed by atoms with E-state index >= 15 is 0 Å². The lowest BCUT2D eigenvalue weighted by molar-refractivity contribution is -0.123. The maximum Gasteiger partial charge on any atom is 0.418 e. The average Bonchev–Trinajstić information content (AvgIpc) is 3.42. The van der Waals surface area contributed by atoms with E-state index in [2.05, 4.69) is 20.7 Å². The van der Waals surface area contributed by atoms with Crippen LogP contribution in [0.4, 0.5) is 10.5 Å². The number of hydrogen-bond donors (Lipinski definition) is 2. The first-order valence-corrected chi connectivity index (χ1v) is 10.6. The third-order valence-corrected chi connectivity index (χ3v) is 5.41. The van der Waals surface area contributed by atoms with Crippen LogP contribution in [0.2, 0.25) is 0 Å². The van der Waals surface area contributed by atoms with Crippen molar-refractivity contribution < 1.29 is 19.1 Å². The van der Waals surface area contributed by atoms with E-state index in [1.165, 1.54) is 15.8 Å². The van der Waals surface area contributed by atoms with Crippen molar-refractivity contribution in [3.05, 3.63) is 66.6 Å². The zero-order chi connectivity index (χ0) is 23.7. The maximum atomic E-state index is 12.9. The molecule has 1 fully saturated rings. The molecule has 3 aromatic heterocycles. The van der Waals surface area contributed by atoms with Crippen molar-refractivity contribution in [3.8, 4) is 17.1 Å². The van der Waals surface area contributed by atoms with Crippen LogP contribution in [-0.2, 0) is 11.8 Å². The molecule has 11 nitrogen and oxygen atoms in total. The summed E-state index contributed by atoms with van der Waals surface area (Å²) in [6, 6.07) is 13.2. The van der Waals surface area contributed by atoms with Gasteiger partial charge >= 0.3 is 6.09 Å². The van der Waals surface area contributed by atoms with E-state index in [0.29, 0.717) is 24.4 Å². The van der Waals surface area contributed by atoms with Crippen molar-refractivity contribution in [2.45, 2.75) is 0 Å². The number of aromatic nitrogens is 4. The fourth-order valence-electron chi connectivity index (χ4n) is 3.72. The summed E-state index contributed by atoms with van der Waals surface area (Å²) >= 11 is 0. The Hall–Kier alpha value is -4.67.